The molecule has 36 heavy (non-hydrogen) atoms. The maximum atomic E-state index is 13.2. The number of fused-ring (bicyclic) bond motifs is 1. The van der Waals surface area contributed by atoms with Crippen LogP contribution in [0.3, 0.4) is 0 Å². The van der Waals surface area contributed by atoms with Gasteiger partial charge in [0.2, 0.25) is 11.9 Å². The Morgan fingerprint density at radius 3 is 2.83 bits per heavy atom. The van der Waals surface area contributed by atoms with E-state index in [-0.39, 0.29) is 23.3 Å². The number of nitrogens with one attached hydrogen (secondary N) is 1. The van der Waals surface area contributed by atoms with Crippen LogP contribution in [0.1, 0.15) is 35.0 Å². The summed E-state index contributed by atoms with van der Waals surface area (Å²) in [5.74, 6) is 0.808. The lowest BCUT2D eigenvalue weighted by molar-refractivity contribution is -0.125. The van der Waals surface area contributed by atoms with Gasteiger partial charge < -0.3 is 15.2 Å². The maximum absolute atomic E-state index is 13.2. The van der Waals surface area contributed by atoms with Gasteiger partial charge in [0.25, 0.3) is 5.91 Å². The van der Waals surface area contributed by atoms with E-state index in [0.717, 1.165) is 53.8 Å². The predicted molar refractivity (Wildman–Crippen MR) is 142 cm³/mol. The molecule has 0 unspecified atom stereocenters. The van der Waals surface area contributed by atoms with Crippen molar-refractivity contribution in [3.63, 3.8) is 0 Å². The fourth-order valence-corrected chi connectivity index (χ4v) is 6.49. The molecule has 182 valence electrons. The number of anilines is 2. The first-order chi connectivity index (χ1) is 17.4. The Morgan fingerprint density at radius 1 is 1.19 bits per heavy atom. The normalized spacial score (nSPS) is 21.0. The van der Waals surface area contributed by atoms with Crippen molar-refractivity contribution in [3.05, 3.63) is 72.3 Å². The van der Waals surface area contributed by atoms with Gasteiger partial charge in [-0.1, -0.05) is 18.7 Å². The molecule has 1 aromatic carbocycles. The Morgan fingerprint density at radius 2 is 2.03 bits per heavy atom. The Hall–Kier alpha value is -3.98. The number of nitrogen functional groups attached to an aromatic ring is 1. The van der Waals surface area contributed by atoms with Crippen molar-refractivity contribution in [2.75, 3.05) is 24.1 Å². The second-order valence-corrected chi connectivity index (χ2v) is 10.7. The number of hydrogen-bond donors (Lipinski definition) is 2. The molecule has 1 aliphatic carbocycles. The highest BCUT2D eigenvalue weighted by atomic mass is 32.1. The number of carbonyl (C=O) groups excluding carboxylic acids is 2. The number of nitrogens with two attached hydrogens (primary N) is 1. The lowest BCUT2D eigenvalue weighted by Gasteiger charge is -2.46. The average molecular weight is 499 g/mol. The van der Waals surface area contributed by atoms with Crippen LogP contribution in [0, 0.1) is 5.41 Å². The fraction of sp³-hybridized carbons (Fsp3) is 0.259. The summed E-state index contributed by atoms with van der Waals surface area (Å²) in [7, 11) is 0. The molecule has 1 saturated carbocycles. The quantitative estimate of drug-likeness (QED) is 0.387. The molecule has 1 aliphatic heterocycles. The SMILES string of the molecule is C=CC(=O)N1CC[C@]2(C1)C[C@H](n1c(NC(=O)c3ccc(-c4ccnc(N)c4)s3)nc3ccccc31)C2. The van der Waals surface area contributed by atoms with Crippen LogP contribution in [0.15, 0.2) is 67.4 Å². The summed E-state index contributed by atoms with van der Waals surface area (Å²) in [6.07, 6.45) is 5.95. The van der Waals surface area contributed by atoms with Gasteiger partial charge in [-0.15, -0.1) is 11.3 Å². The molecule has 0 atom stereocenters. The van der Waals surface area contributed by atoms with Crippen molar-refractivity contribution in [1.82, 2.24) is 19.4 Å². The second kappa shape index (κ2) is 8.60. The van der Waals surface area contributed by atoms with Gasteiger partial charge >= 0.3 is 0 Å². The minimum absolute atomic E-state index is 0.00104. The van der Waals surface area contributed by atoms with E-state index in [4.69, 9.17) is 10.7 Å². The number of amides is 2. The molecule has 2 amide bonds. The summed E-state index contributed by atoms with van der Waals surface area (Å²) in [5, 5.41) is 3.07. The van der Waals surface area contributed by atoms with E-state index in [2.05, 4.69) is 21.4 Å². The van der Waals surface area contributed by atoms with Crippen LogP contribution in [-0.2, 0) is 4.79 Å². The number of hydrogen-bond acceptors (Lipinski definition) is 6. The first-order valence-electron chi connectivity index (χ1n) is 12.0. The van der Waals surface area contributed by atoms with E-state index < -0.39 is 0 Å². The van der Waals surface area contributed by atoms with Gasteiger partial charge in [0.1, 0.15) is 5.82 Å². The summed E-state index contributed by atoms with van der Waals surface area (Å²) in [5.41, 5.74) is 8.73. The van der Waals surface area contributed by atoms with Crippen molar-refractivity contribution < 1.29 is 9.59 Å². The highest BCUT2D eigenvalue weighted by molar-refractivity contribution is 7.17. The largest absolute Gasteiger partial charge is 0.384 e. The van der Waals surface area contributed by atoms with E-state index in [0.29, 0.717) is 16.6 Å². The summed E-state index contributed by atoms with van der Waals surface area (Å²) >= 11 is 1.41. The van der Waals surface area contributed by atoms with Crippen molar-refractivity contribution in [2.24, 2.45) is 5.41 Å². The number of carbonyl (C=O) groups is 2. The Labute approximate surface area is 212 Å². The number of benzene rings is 1. The fourth-order valence-electron chi connectivity index (χ4n) is 5.59. The van der Waals surface area contributed by atoms with Gasteiger partial charge in [0.05, 0.1) is 15.9 Å². The molecule has 6 rings (SSSR count). The number of likely N-dealkylation sites (tertiary alicyclic amines) is 1. The van der Waals surface area contributed by atoms with Gasteiger partial charge in [-0.25, -0.2) is 9.97 Å². The zero-order valence-corrected chi connectivity index (χ0v) is 20.5. The van der Waals surface area contributed by atoms with E-state index in [1.165, 1.54) is 17.4 Å². The van der Waals surface area contributed by atoms with Gasteiger partial charge in [-0.2, -0.15) is 0 Å². The lowest BCUT2D eigenvalue weighted by Crippen LogP contribution is -2.42. The van der Waals surface area contributed by atoms with Crippen LogP contribution in [0.25, 0.3) is 21.5 Å². The molecule has 2 fully saturated rings. The van der Waals surface area contributed by atoms with Crippen molar-refractivity contribution in [2.45, 2.75) is 25.3 Å². The number of para-hydroxylation sites is 2. The number of imidazole rings is 1. The Bertz CT molecular complexity index is 1500. The van der Waals surface area contributed by atoms with Gasteiger partial charge in [-0.05, 0) is 72.7 Å². The minimum atomic E-state index is -0.192. The van der Waals surface area contributed by atoms with Crippen LogP contribution in [-0.4, -0.2) is 44.3 Å². The number of rotatable bonds is 5. The maximum Gasteiger partial charge on any atom is 0.268 e. The number of nitrogens with zero attached hydrogens (tertiary/aromatic N) is 4. The molecular formula is C27H26N6O2S. The van der Waals surface area contributed by atoms with E-state index >= 15 is 0 Å². The van der Waals surface area contributed by atoms with Crippen molar-refractivity contribution >= 4 is 46.0 Å². The van der Waals surface area contributed by atoms with Gasteiger partial charge in [0, 0.05) is 30.2 Å². The van der Waals surface area contributed by atoms with E-state index in [9.17, 15) is 9.59 Å². The summed E-state index contributed by atoms with van der Waals surface area (Å²) in [6.45, 7) is 5.16. The lowest BCUT2D eigenvalue weighted by atomic mass is 9.65. The van der Waals surface area contributed by atoms with E-state index in [1.54, 1.807) is 12.3 Å². The van der Waals surface area contributed by atoms with Gasteiger partial charge in [0.15, 0.2) is 0 Å². The molecule has 2 aliphatic rings. The van der Waals surface area contributed by atoms with Crippen molar-refractivity contribution in [3.8, 4) is 10.4 Å². The zero-order chi connectivity index (χ0) is 24.9. The van der Waals surface area contributed by atoms with E-state index in [1.807, 2.05) is 47.4 Å². The third-order valence-corrected chi connectivity index (χ3v) is 8.48. The van der Waals surface area contributed by atoms with Crippen LogP contribution < -0.4 is 11.1 Å². The number of aromatic nitrogens is 3. The Balaban J connectivity index is 1.24. The van der Waals surface area contributed by atoms with Crippen LogP contribution in [0.2, 0.25) is 0 Å². The van der Waals surface area contributed by atoms with Gasteiger partial charge in [-0.3, -0.25) is 14.9 Å². The predicted octanol–water partition coefficient (Wildman–Crippen LogP) is 4.73. The third-order valence-electron chi connectivity index (χ3n) is 7.34. The highest BCUT2D eigenvalue weighted by Gasteiger charge is 2.50. The summed E-state index contributed by atoms with van der Waals surface area (Å²) < 4.78 is 2.16. The molecule has 4 aromatic rings. The molecule has 0 radical (unpaired) electrons. The molecule has 4 heterocycles. The third kappa shape index (κ3) is 3.85. The average Bonchev–Trinajstić information content (AvgIpc) is 3.59. The summed E-state index contributed by atoms with van der Waals surface area (Å²) in [4.78, 5) is 37.6. The first-order valence-corrected chi connectivity index (χ1v) is 12.8. The van der Waals surface area contributed by atoms with Crippen LogP contribution in [0.4, 0.5) is 11.8 Å². The molecule has 3 aromatic heterocycles. The minimum Gasteiger partial charge on any atom is -0.384 e. The highest BCUT2D eigenvalue weighted by Crippen LogP contribution is 2.55. The molecular weight excluding hydrogens is 472 g/mol. The summed E-state index contributed by atoms with van der Waals surface area (Å²) in [6, 6.07) is 15.6. The molecule has 0 bridgehead atoms. The topological polar surface area (TPSA) is 106 Å². The smallest absolute Gasteiger partial charge is 0.268 e. The van der Waals surface area contributed by atoms with Crippen LogP contribution in [0.5, 0.6) is 0 Å². The second-order valence-electron chi connectivity index (χ2n) is 9.66. The number of thiophene rings is 1. The van der Waals surface area contributed by atoms with Crippen molar-refractivity contribution in [1.29, 1.82) is 0 Å². The first kappa shape index (κ1) is 22.5. The molecule has 1 saturated heterocycles. The molecule has 3 N–H and O–H groups in total. The number of pyridine rings is 1. The standard InChI is InChI=1S/C27H26N6O2S/c1-2-24(34)32-12-10-27(16-32)14-18(15-27)33-20-6-4-3-5-19(20)30-26(33)31-25(35)22-8-7-21(36-22)17-9-11-29-23(28)13-17/h2-9,11,13,18H,1,10,12,14-16H2,(H2,28,29)(H,30,31,35)/t18-,27-. The molecule has 9 heteroatoms. The zero-order valence-electron chi connectivity index (χ0n) is 19.7. The van der Waals surface area contributed by atoms with Crippen LogP contribution >= 0.6 is 11.3 Å². The molecule has 1 spiro atoms. The Kier molecular flexibility index (Phi) is 5.37. The monoisotopic (exact) mass is 498 g/mol. The molecule has 8 nitrogen and oxygen atoms in total.